The molecule has 0 aliphatic carbocycles. The van der Waals surface area contributed by atoms with Crippen molar-refractivity contribution in [3.05, 3.63) is 23.3 Å². The highest BCUT2D eigenvalue weighted by atomic mass is 15.3. The lowest BCUT2D eigenvalue weighted by Crippen LogP contribution is -2.09. The van der Waals surface area contributed by atoms with Crippen LogP contribution in [-0.2, 0) is 13.5 Å². The van der Waals surface area contributed by atoms with Crippen LogP contribution in [0, 0.1) is 13.8 Å². The van der Waals surface area contributed by atoms with Crippen LogP contribution in [0.5, 0.6) is 0 Å². The first kappa shape index (κ1) is 15.3. The standard InChI is InChI=1S/C15H24N6/c1-6-8-13-18-14(16-7-2)10(3)15(19-13)17-12-9-21(5)20-11(12)4/h9H,6-8H2,1-5H3,(H2,16,17,18,19). The van der Waals surface area contributed by atoms with E-state index in [9.17, 15) is 0 Å². The van der Waals surface area contributed by atoms with Gasteiger partial charge in [0, 0.05) is 31.8 Å². The molecule has 0 aromatic carbocycles. The summed E-state index contributed by atoms with van der Waals surface area (Å²) < 4.78 is 1.80. The van der Waals surface area contributed by atoms with Gasteiger partial charge in [-0.3, -0.25) is 4.68 Å². The molecule has 0 amide bonds. The number of anilines is 3. The molecular formula is C15H24N6. The number of nitrogens with zero attached hydrogens (tertiary/aromatic N) is 4. The highest BCUT2D eigenvalue weighted by Crippen LogP contribution is 2.25. The van der Waals surface area contributed by atoms with Crippen LogP contribution in [0.4, 0.5) is 17.3 Å². The minimum atomic E-state index is 0.842. The van der Waals surface area contributed by atoms with Gasteiger partial charge < -0.3 is 10.6 Å². The lowest BCUT2D eigenvalue weighted by atomic mass is 10.2. The lowest BCUT2D eigenvalue weighted by molar-refractivity contribution is 0.756. The van der Waals surface area contributed by atoms with E-state index in [4.69, 9.17) is 0 Å². The number of hydrogen-bond donors (Lipinski definition) is 2. The normalized spacial score (nSPS) is 10.7. The van der Waals surface area contributed by atoms with Gasteiger partial charge in [0.15, 0.2) is 0 Å². The van der Waals surface area contributed by atoms with Crippen molar-refractivity contribution in [2.24, 2.45) is 7.05 Å². The molecule has 0 aliphatic heterocycles. The smallest absolute Gasteiger partial charge is 0.139 e. The first-order valence-corrected chi connectivity index (χ1v) is 7.43. The van der Waals surface area contributed by atoms with Crippen LogP contribution in [0.15, 0.2) is 6.20 Å². The summed E-state index contributed by atoms with van der Waals surface area (Å²) >= 11 is 0. The van der Waals surface area contributed by atoms with Gasteiger partial charge in [-0.1, -0.05) is 6.92 Å². The Labute approximate surface area is 126 Å². The zero-order valence-corrected chi connectivity index (χ0v) is 13.5. The molecule has 0 saturated heterocycles. The van der Waals surface area contributed by atoms with Crippen molar-refractivity contribution < 1.29 is 0 Å². The largest absolute Gasteiger partial charge is 0.370 e. The molecule has 6 nitrogen and oxygen atoms in total. The third-order valence-corrected chi connectivity index (χ3v) is 3.28. The average molecular weight is 288 g/mol. The van der Waals surface area contributed by atoms with E-state index in [0.717, 1.165) is 53.8 Å². The molecule has 2 N–H and O–H groups in total. The predicted molar refractivity (Wildman–Crippen MR) is 86.2 cm³/mol. The summed E-state index contributed by atoms with van der Waals surface area (Å²) in [5, 5.41) is 11.0. The summed E-state index contributed by atoms with van der Waals surface area (Å²) in [6.07, 6.45) is 3.86. The Hall–Kier alpha value is -2.11. The molecule has 2 aromatic heterocycles. The van der Waals surface area contributed by atoms with Crippen molar-refractivity contribution in [3.8, 4) is 0 Å². The van der Waals surface area contributed by atoms with E-state index >= 15 is 0 Å². The Morgan fingerprint density at radius 3 is 2.43 bits per heavy atom. The van der Waals surface area contributed by atoms with Crippen LogP contribution in [0.3, 0.4) is 0 Å². The third kappa shape index (κ3) is 3.51. The van der Waals surface area contributed by atoms with Crippen LogP contribution < -0.4 is 10.6 Å². The molecule has 0 saturated carbocycles. The Kier molecular flexibility index (Phi) is 4.77. The fourth-order valence-electron chi connectivity index (χ4n) is 2.21. The first-order valence-electron chi connectivity index (χ1n) is 7.43. The number of hydrogen-bond acceptors (Lipinski definition) is 5. The Morgan fingerprint density at radius 2 is 1.86 bits per heavy atom. The molecule has 2 aromatic rings. The number of aryl methyl sites for hydroxylation is 3. The van der Waals surface area contributed by atoms with E-state index in [0.29, 0.717) is 0 Å². The fourth-order valence-corrected chi connectivity index (χ4v) is 2.21. The third-order valence-electron chi connectivity index (χ3n) is 3.28. The fraction of sp³-hybridized carbons (Fsp3) is 0.533. The molecule has 21 heavy (non-hydrogen) atoms. The molecule has 0 spiro atoms. The lowest BCUT2D eigenvalue weighted by Gasteiger charge is -2.14. The molecule has 0 radical (unpaired) electrons. The van der Waals surface area contributed by atoms with Crippen molar-refractivity contribution in [1.82, 2.24) is 19.7 Å². The summed E-state index contributed by atoms with van der Waals surface area (Å²) in [5.74, 6) is 2.61. The monoisotopic (exact) mass is 288 g/mol. The molecule has 2 heterocycles. The first-order chi connectivity index (χ1) is 10.0. The second kappa shape index (κ2) is 6.56. The summed E-state index contributed by atoms with van der Waals surface area (Å²) in [6.45, 7) is 9.06. The second-order valence-electron chi connectivity index (χ2n) is 5.17. The maximum Gasteiger partial charge on any atom is 0.139 e. The van der Waals surface area contributed by atoms with E-state index in [1.54, 1.807) is 4.68 Å². The van der Waals surface area contributed by atoms with Crippen LogP contribution in [0.2, 0.25) is 0 Å². The Balaban J connectivity index is 2.38. The Bertz CT molecular complexity index is 617. The molecule has 0 aliphatic rings. The summed E-state index contributed by atoms with van der Waals surface area (Å²) in [5.41, 5.74) is 2.96. The van der Waals surface area contributed by atoms with E-state index in [-0.39, 0.29) is 0 Å². The van der Waals surface area contributed by atoms with E-state index in [2.05, 4.69) is 39.5 Å². The van der Waals surface area contributed by atoms with Crippen LogP contribution in [0.1, 0.15) is 37.4 Å². The van der Waals surface area contributed by atoms with E-state index in [1.807, 2.05) is 27.1 Å². The van der Waals surface area contributed by atoms with Gasteiger partial charge in [0.2, 0.25) is 0 Å². The second-order valence-corrected chi connectivity index (χ2v) is 5.17. The van der Waals surface area contributed by atoms with Gasteiger partial charge in [-0.25, -0.2) is 9.97 Å². The maximum absolute atomic E-state index is 4.65. The van der Waals surface area contributed by atoms with Crippen LogP contribution in [0.25, 0.3) is 0 Å². The van der Waals surface area contributed by atoms with Crippen molar-refractivity contribution in [2.45, 2.75) is 40.5 Å². The topological polar surface area (TPSA) is 67.7 Å². The number of nitrogens with one attached hydrogen (secondary N) is 2. The average Bonchev–Trinajstić information content (AvgIpc) is 2.74. The molecule has 0 fully saturated rings. The predicted octanol–water partition coefficient (Wildman–Crippen LogP) is 2.95. The summed E-state index contributed by atoms with van der Waals surface area (Å²) in [6, 6.07) is 0. The number of rotatable bonds is 6. The van der Waals surface area contributed by atoms with Gasteiger partial charge in [-0.05, 0) is 27.2 Å². The van der Waals surface area contributed by atoms with Crippen molar-refractivity contribution >= 4 is 17.3 Å². The quantitative estimate of drug-likeness (QED) is 0.855. The molecule has 0 bridgehead atoms. The molecule has 6 heteroatoms. The van der Waals surface area contributed by atoms with Gasteiger partial charge in [0.05, 0.1) is 11.4 Å². The maximum atomic E-state index is 4.65. The van der Waals surface area contributed by atoms with Crippen molar-refractivity contribution in [2.75, 3.05) is 17.2 Å². The van der Waals surface area contributed by atoms with Gasteiger partial charge in [-0.15, -0.1) is 0 Å². The zero-order chi connectivity index (χ0) is 15.4. The van der Waals surface area contributed by atoms with Crippen LogP contribution >= 0.6 is 0 Å². The molecule has 0 unspecified atom stereocenters. The van der Waals surface area contributed by atoms with E-state index < -0.39 is 0 Å². The van der Waals surface area contributed by atoms with Gasteiger partial charge in [-0.2, -0.15) is 5.10 Å². The molecule has 0 atom stereocenters. The van der Waals surface area contributed by atoms with Crippen molar-refractivity contribution in [3.63, 3.8) is 0 Å². The molecule has 114 valence electrons. The Morgan fingerprint density at radius 1 is 1.14 bits per heavy atom. The highest BCUT2D eigenvalue weighted by Gasteiger charge is 2.12. The molecular weight excluding hydrogens is 264 g/mol. The SMILES string of the molecule is CCCc1nc(NCC)c(C)c(Nc2cn(C)nc2C)n1. The minimum absolute atomic E-state index is 0.842. The number of aromatic nitrogens is 4. The van der Waals surface area contributed by atoms with Gasteiger partial charge in [0.1, 0.15) is 17.5 Å². The van der Waals surface area contributed by atoms with E-state index in [1.165, 1.54) is 0 Å². The zero-order valence-electron chi connectivity index (χ0n) is 13.5. The van der Waals surface area contributed by atoms with Crippen LogP contribution in [-0.4, -0.2) is 26.3 Å². The minimum Gasteiger partial charge on any atom is -0.370 e. The van der Waals surface area contributed by atoms with Gasteiger partial charge in [0.25, 0.3) is 0 Å². The molecule has 2 rings (SSSR count). The van der Waals surface area contributed by atoms with Crippen molar-refractivity contribution in [1.29, 1.82) is 0 Å². The summed E-state index contributed by atoms with van der Waals surface area (Å²) in [4.78, 5) is 9.25. The highest BCUT2D eigenvalue weighted by molar-refractivity contribution is 5.65. The summed E-state index contributed by atoms with van der Waals surface area (Å²) in [7, 11) is 1.91. The van der Waals surface area contributed by atoms with Gasteiger partial charge >= 0.3 is 0 Å².